The molecule has 3 nitrogen and oxygen atoms in total. The van der Waals surface area contributed by atoms with Gasteiger partial charge in [-0.3, -0.25) is 4.79 Å². The fourth-order valence-electron chi connectivity index (χ4n) is 2.58. The van der Waals surface area contributed by atoms with Crippen LogP contribution < -0.4 is 0 Å². The van der Waals surface area contributed by atoms with E-state index in [-0.39, 0.29) is 5.78 Å². The summed E-state index contributed by atoms with van der Waals surface area (Å²) >= 11 is 8.13. The van der Waals surface area contributed by atoms with Crippen molar-refractivity contribution in [3.05, 3.63) is 76.3 Å². The van der Waals surface area contributed by atoms with Crippen LogP contribution in [-0.4, -0.2) is 29.2 Å². The minimum absolute atomic E-state index is 0.117. The monoisotopic (exact) mass is 454 g/mol. The number of ketones is 1. The molecule has 1 fully saturated rings. The van der Waals surface area contributed by atoms with Gasteiger partial charge in [-0.2, -0.15) is 0 Å². The molecular weight excluding hydrogens is 439 g/mol. The van der Waals surface area contributed by atoms with Gasteiger partial charge < -0.3 is 9.47 Å². The van der Waals surface area contributed by atoms with Crippen LogP contribution in [0.1, 0.15) is 15.9 Å². The van der Waals surface area contributed by atoms with Gasteiger partial charge in [0.1, 0.15) is 0 Å². The Balaban J connectivity index is 2.06. The molecule has 24 heavy (non-hydrogen) atoms. The van der Waals surface area contributed by atoms with Gasteiger partial charge in [0.2, 0.25) is 5.79 Å². The summed E-state index contributed by atoms with van der Waals surface area (Å²) < 4.78 is 12.2. The summed E-state index contributed by atoms with van der Waals surface area (Å²) in [6.07, 6.45) is 1.85. The zero-order valence-corrected chi connectivity index (χ0v) is 15.8. The van der Waals surface area contributed by atoms with Crippen molar-refractivity contribution in [2.45, 2.75) is 5.79 Å². The third-order valence-electron chi connectivity index (χ3n) is 3.80. The second-order valence-corrected chi connectivity index (χ2v) is 6.59. The summed E-state index contributed by atoms with van der Waals surface area (Å²) in [7, 11) is 0. The summed E-state index contributed by atoms with van der Waals surface area (Å²) in [5, 5.41) is 0.595. The summed E-state index contributed by atoms with van der Waals surface area (Å²) in [6, 6.07) is 16.6. The highest BCUT2D eigenvalue weighted by atomic mass is 127. The molecule has 0 bridgehead atoms. The van der Waals surface area contributed by atoms with E-state index in [1.807, 2.05) is 36.4 Å². The molecular formula is C19H16ClIO3. The molecule has 0 N–H and O–H groups in total. The van der Waals surface area contributed by atoms with Crippen LogP contribution in [-0.2, 0) is 9.47 Å². The smallest absolute Gasteiger partial charge is 0.208 e. The minimum atomic E-state index is -1.01. The first-order valence-corrected chi connectivity index (χ1v) is 9.46. The zero-order chi connectivity index (χ0) is 17.0. The second kappa shape index (κ2) is 7.78. The van der Waals surface area contributed by atoms with Crippen LogP contribution in [0, 0.1) is 0 Å². The predicted molar refractivity (Wildman–Crippen MR) is 104 cm³/mol. The molecule has 124 valence electrons. The van der Waals surface area contributed by atoms with E-state index in [0.717, 1.165) is 5.56 Å². The number of carbonyl (C=O) groups excluding carboxylic acids is 1. The Labute approximate surface area is 159 Å². The molecule has 0 spiro atoms. The minimum Gasteiger partial charge on any atom is -0.343 e. The first-order valence-electron chi connectivity index (χ1n) is 7.56. The largest absolute Gasteiger partial charge is 0.343 e. The van der Waals surface area contributed by atoms with Gasteiger partial charge in [0.25, 0.3) is 0 Å². The Morgan fingerprint density at radius 1 is 1.08 bits per heavy atom. The lowest BCUT2D eigenvalue weighted by Gasteiger charge is -2.27. The maximum Gasteiger partial charge on any atom is 0.208 e. The van der Waals surface area contributed by atoms with Gasteiger partial charge in [-0.25, -0.2) is 0 Å². The van der Waals surface area contributed by atoms with Crippen LogP contribution >= 0.6 is 34.2 Å². The van der Waals surface area contributed by atoms with Crippen LogP contribution in [0.2, 0.25) is 5.02 Å². The van der Waals surface area contributed by atoms with E-state index in [1.165, 1.54) is 0 Å². The fraction of sp³-hybridized carbons (Fsp3) is 0.211. The van der Waals surface area contributed by atoms with E-state index in [4.69, 9.17) is 21.1 Å². The third kappa shape index (κ3) is 3.72. The number of hydrogen-bond acceptors (Lipinski definition) is 3. The van der Waals surface area contributed by atoms with E-state index in [2.05, 4.69) is 22.6 Å². The van der Waals surface area contributed by atoms with Crippen molar-refractivity contribution in [1.82, 2.24) is 0 Å². The van der Waals surface area contributed by atoms with Crippen molar-refractivity contribution in [3.63, 3.8) is 0 Å². The summed E-state index contributed by atoms with van der Waals surface area (Å²) in [6.45, 7) is 0.950. The van der Waals surface area contributed by atoms with Crippen molar-refractivity contribution < 1.29 is 14.3 Å². The number of hydrogen-bond donors (Lipinski definition) is 0. The number of carbonyl (C=O) groups is 1. The molecule has 0 unspecified atom stereocenters. The van der Waals surface area contributed by atoms with Gasteiger partial charge in [0.05, 0.1) is 23.2 Å². The lowest BCUT2D eigenvalue weighted by molar-refractivity contribution is -0.0997. The quantitative estimate of drug-likeness (QED) is 0.282. The third-order valence-corrected chi connectivity index (χ3v) is 5.06. The lowest BCUT2D eigenvalue weighted by atomic mass is 9.95. The molecule has 1 aliphatic rings. The number of alkyl halides is 1. The molecule has 2 aromatic rings. The summed E-state index contributed by atoms with van der Waals surface area (Å²) in [5.74, 6) is -1.12. The van der Waals surface area contributed by atoms with Gasteiger partial charge >= 0.3 is 0 Å². The van der Waals surface area contributed by atoms with E-state index in [9.17, 15) is 4.79 Å². The van der Waals surface area contributed by atoms with Crippen molar-refractivity contribution >= 4 is 46.1 Å². The highest BCUT2D eigenvalue weighted by molar-refractivity contribution is 14.1. The van der Waals surface area contributed by atoms with Crippen LogP contribution in [0.3, 0.4) is 0 Å². The average molecular weight is 455 g/mol. The maximum atomic E-state index is 13.1. The number of Topliss-reactive ketones (excluding diaryl/α,β-unsaturated/α-hetero) is 1. The number of ether oxygens (including phenoxy) is 2. The Bertz CT molecular complexity index is 735. The van der Waals surface area contributed by atoms with Crippen molar-refractivity contribution in [1.29, 1.82) is 0 Å². The molecule has 0 atom stereocenters. The zero-order valence-electron chi connectivity index (χ0n) is 12.9. The standard InChI is InChI=1S/C19H16ClIO3/c20-16-8-6-15(7-9-16)18(22)17(12-14-4-2-1-3-5-14)19(13-21)23-10-11-24-19/h1-9,12H,10-11,13H2/b17-12+. The highest BCUT2D eigenvalue weighted by Gasteiger charge is 2.43. The first-order chi connectivity index (χ1) is 11.6. The fourth-order valence-corrected chi connectivity index (χ4v) is 3.56. The number of benzene rings is 2. The van der Waals surface area contributed by atoms with Crippen LogP contribution in [0.15, 0.2) is 60.2 Å². The molecule has 1 heterocycles. The molecule has 1 aliphatic heterocycles. The first kappa shape index (κ1) is 17.6. The van der Waals surface area contributed by atoms with Crippen molar-refractivity contribution in [2.24, 2.45) is 0 Å². The number of halogens is 2. The SMILES string of the molecule is O=C(/C(=C\c1ccccc1)C1(CI)OCCO1)c1ccc(Cl)cc1. The molecule has 1 saturated heterocycles. The number of rotatable bonds is 5. The molecule has 0 amide bonds. The van der Waals surface area contributed by atoms with Gasteiger partial charge in [-0.15, -0.1) is 0 Å². The Kier molecular flexibility index (Phi) is 5.71. The van der Waals surface area contributed by atoms with Crippen LogP contribution in [0.4, 0.5) is 0 Å². The maximum absolute atomic E-state index is 13.1. The summed E-state index contributed by atoms with van der Waals surface area (Å²) in [4.78, 5) is 13.1. The van der Waals surface area contributed by atoms with E-state index >= 15 is 0 Å². The highest BCUT2D eigenvalue weighted by Crippen LogP contribution is 2.34. The van der Waals surface area contributed by atoms with E-state index in [1.54, 1.807) is 24.3 Å². The topological polar surface area (TPSA) is 35.5 Å². The van der Waals surface area contributed by atoms with E-state index in [0.29, 0.717) is 33.8 Å². The molecule has 0 aliphatic carbocycles. The Morgan fingerprint density at radius 3 is 2.29 bits per heavy atom. The molecule has 2 aromatic carbocycles. The molecule has 3 rings (SSSR count). The predicted octanol–water partition coefficient (Wildman–Crippen LogP) is 4.78. The molecule has 0 radical (unpaired) electrons. The summed E-state index contributed by atoms with van der Waals surface area (Å²) in [5.41, 5.74) is 1.99. The average Bonchev–Trinajstić information content (AvgIpc) is 3.11. The second-order valence-electron chi connectivity index (χ2n) is 5.39. The van der Waals surface area contributed by atoms with Gasteiger partial charge in [0, 0.05) is 10.6 Å². The normalized spacial score (nSPS) is 17.0. The molecule has 0 aromatic heterocycles. The molecule has 5 heteroatoms. The van der Waals surface area contributed by atoms with Gasteiger partial charge in [0.15, 0.2) is 5.78 Å². The van der Waals surface area contributed by atoms with Crippen LogP contribution in [0.5, 0.6) is 0 Å². The Hall–Kier alpha value is -1.21. The van der Waals surface area contributed by atoms with Gasteiger partial charge in [-0.05, 0) is 35.9 Å². The lowest BCUT2D eigenvalue weighted by Crippen LogP contribution is -2.38. The van der Waals surface area contributed by atoms with Crippen molar-refractivity contribution in [3.8, 4) is 0 Å². The molecule has 0 saturated carbocycles. The van der Waals surface area contributed by atoms with Crippen molar-refractivity contribution in [2.75, 3.05) is 17.6 Å². The Morgan fingerprint density at radius 2 is 1.71 bits per heavy atom. The van der Waals surface area contributed by atoms with E-state index < -0.39 is 5.79 Å². The van der Waals surface area contributed by atoms with Crippen LogP contribution in [0.25, 0.3) is 6.08 Å². The van der Waals surface area contributed by atoms with Gasteiger partial charge in [-0.1, -0.05) is 64.5 Å².